The molecule has 4 rings (SSSR count). The molecule has 2 aromatic rings. The fourth-order valence-corrected chi connectivity index (χ4v) is 5.40. The lowest BCUT2D eigenvalue weighted by atomic mass is 9.74. The molecule has 0 unspecified atom stereocenters. The maximum Gasteiger partial charge on any atom is 0.253 e. The molecule has 2 aromatic carbocycles. The lowest BCUT2D eigenvalue weighted by Crippen LogP contribution is -2.48. The second-order valence-electron chi connectivity index (χ2n) is 11.0. The Bertz CT molecular complexity index is 1060. The molecule has 1 saturated heterocycles. The van der Waals surface area contributed by atoms with E-state index < -0.39 is 0 Å². The van der Waals surface area contributed by atoms with Gasteiger partial charge in [0, 0.05) is 38.2 Å². The summed E-state index contributed by atoms with van der Waals surface area (Å²) in [6.45, 7) is 4.05. The van der Waals surface area contributed by atoms with E-state index in [4.69, 9.17) is 9.47 Å². The maximum atomic E-state index is 13.3. The summed E-state index contributed by atoms with van der Waals surface area (Å²) in [6, 6.07) is 15.8. The SMILES string of the molecule is CN(C)CCOc1cccc(C(=O)N2CCC3(CCCCc4ccccc4OCCCC(=O)NC3)CC2)c1. The number of piperidine rings is 1. The van der Waals surface area contributed by atoms with Crippen molar-refractivity contribution in [3.05, 3.63) is 59.7 Å². The van der Waals surface area contributed by atoms with E-state index in [1.54, 1.807) is 0 Å². The van der Waals surface area contributed by atoms with Crippen LogP contribution < -0.4 is 14.8 Å². The van der Waals surface area contributed by atoms with E-state index in [-0.39, 0.29) is 17.2 Å². The molecule has 2 aliphatic rings. The van der Waals surface area contributed by atoms with E-state index in [2.05, 4.69) is 22.3 Å². The molecule has 0 radical (unpaired) electrons. The molecular weight excluding hydrogens is 478 g/mol. The lowest BCUT2D eigenvalue weighted by molar-refractivity contribution is -0.122. The van der Waals surface area contributed by atoms with E-state index in [1.807, 2.05) is 55.4 Å². The normalized spacial score (nSPS) is 18.7. The highest BCUT2D eigenvalue weighted by Crippen LogP contribution is 2.37. The number of amides is 2. The van der Waals surface area contributed by atoms with Crippen molar-refractivity contribution >= 4 is 11.8 Å². The van der Waals surface area contributed by atoms with Crippen LogP contribution in [0, 0.1) is 5.41 Å². The summed E-state index contributed by atoms with van der Waals surface area (Å²) in [5.41, 5.74) is 1.95. The van der Waals surface area contributed by atoms with Crippen molar-refractivity contribution in [2.24, 2.45) is 5.41 Å². The van der Waals surface area contributed by atoms with Gasteiger partial charge < -0.3 is 24.6 Å². The molecule has 7 nitrogen and oxygen atoms in total. The Morgan fingerprint density at radius 2 is 1.84 bits per heavy atom. The van der Waals surface area contributed by atoms with Gasteiger partial charge in [-0.2, -0.15) is 0 Å². The van der Waals surface area contributed by atoms with Gasteiger partial charge in [-0.3, -0.25) is 9.59 Å². The second kappa shape index (κ2) is 13.7. The van der Waals surface area contributed by atoms with Crippen LogP contribution >= 0.6 is 0 Å². The van der Waals surface area contributed by atoms with E-state index in [0.29, 0.717) is 51.3 Å². The van der Waals surface area contributed by atoms with Crippen molar-refractivity contribution in [1.29, 1.82) is 0 Å². The number of nitrogens with zero attached hydrogens (tertiary/aromatic N) is 2. The molecule has 0 atom stereocenters. The molecule has 7 heteroatoms. The predicted octanol–water partition coefficient (Wildman–Crippen LogP) is 4.55. The molecule has 206 valence electrons. The van der Waals surface area contributed by atoms with Crippen molar-refractivity contribution in [3.63, 3.8) is 0 Å². The topological polar surface area (TPSA) is 71.1 Å². The van der Waals surface area contributed by atoms with Crippen LogP contribution in [0.1, 0.15) is 60.9 Å². The van der Waals surface area contributed by atoms with Crippen LogP contribution in [0.2, 0.25) is 0 Å². The number of likely N-dealkylation sites (tertiary alicyclic amines) is 1. The number of carbonyl (C=O) groups excluding carboxylic acids is 2. The van der Waals surface area contributed by atoms with Crippen molar-refractivity contribution in [2.75, 3.05) is 53.5 Å². The number of nitrogens with one attached hydrogen (secondary N) is 1. The van der Waals surface area contributed by atoms with Crippen LogP contribution in [0.15, 0.2) is 48.5 Å². The summed E-state index contributed by atoms with van der Waals surface area (Å²) >= 11 is 0. The first-order valence-electron chi connectivity index (χ1n) is 14.1. The average Bonchev–Trinajstić information content (AvgIpc) is 2.93. The molecule has 2 aliphatic heterocycles. The second-order valence-corrected chi connectivity index (χ2v) is 11.0. The third-order valence-corrected chi connectivity index (χ3v) is 7.84. The summed E-state index contributed by atoms with van der Waals surface area (Å²) in [6.07, 6.45) is 7.19. The molecule has 0 aromatic heterocycles. The number of carbonyl (C=O) groups is 2. The van der Waals surface area contributed by atoms with Gasteiger partial charge in [0.2, 0.25) is 5.91 Å². The minimum absolute atomic E-state index is 0.0315. The third kappa shape index (κ3) is 7.97. The highest BCUT2D eigenvalue weighted by Gasteiger charge is 2.36. The van der Waals surface area contributed by atoms with E-state index in [0.717, 1.165) is 56.6 Å². The van der Waals surface area contributed by atoms with Crippen LogP contribution in [-0.2, 0) is 11.2 Å². The molecule has 1 N–H and O–H groups in total. The first-order valence-corrected chi connectivity index (χ1v) is 14.1. The van der Waals surface area contributed by atoms with E-state index in [1.165, 1.54) is 5.56 Å². The zero-order valence-corrected chi connectivity index (χ0v) is 23.0. The van der Waals surface area contributed by atoms with Gasteiger partial charge in [-0.1, -0.05) is 30.7 Å². The molecule has 2 amide bonds. The zero-order chi connectivity index (χ0) is 26.8. The van der Waals surface area contributed by atoms with Crippen molar-refractivity contribution < 1.29 is 19.1 Å². The fraction of sp³-hybridized carbons (Fsp3) is 0.548. The minimum atomic E-state index is 0.0315. The number of likely N-dealkylation sites (N-methyl/N-ethyl adjacent to an activating group) is 1. The number of aryl methyl sites for hydroxylation is 1. The number of hydrogen-bond donors (Lipinski definition) is 1. The number of hydrogen-bond acceptors (Lipinski definition) is 5. The molecule has 0 saturated carbocycles. The molecular formula is C31H43N3O4. The largest absolute Gasteiger partial charge is 0.493 e. The van der Waals surface area contributed by atoms with Gasteiger partial charge in [0.05, 0.1) is 6.61 Å². The Balaban J connectivity index is 1.36. The van der Waals surface area contributed by atoms with Gasteiger partial charge in [0.25, 0.3) is 5.91 Å². The molecule has 38 heavy (non-hydrogen) atoms. The fourth-order valence-electron chi connectivity index (χ4n) is 5.40. The molecule has 0 bridgehead atoms. The van der Waals surface area contributed by atoms with Crippen molar-refractivity contribution in [3.8, 4) is 11.5 Å². The van der Waals surface area contributed by atoms with Crippen LogP contribution in [0.3, 0.4) is 0 Å². The first-order chi connectivity index (χ1) is 18.4. The smallest absolute Gasteiger partial charge is 0.253 e. The van der Waals surface area contributed by atoms with Gasteiger partial charge >= 0.3 is 0 Å². The summed E-state index contributed by atoms with van der Waals surface area (Å²) in [7, 11) is 4.02. The summed E-state index contributed by atoms with van der Waals surface area (Å²) in [4.78, 5) is 29.9. The van der Waals surface area contributed by atoms with Crippen LogP contribution in [0.25, 0.3) is 0 Å². The Kier molecular flexibility index (Phi) is 10.0. The van der Waals surface area contributed by atoms with Gasteiger partial charge in [-0.05, 0) is 87.9 Å². The Morgan fingerprint density at radius 1 is 1.03 bits per heavy atom. The van der Waals surface area contributed by atoms with Gasteiger partial charge in [0.1, 0.15) is 18.1 Å². The molecule has 1 fully saturated rings. The zero-order valence-electron chi connectivity index (χ0n) is 23.0. The first kappa shape index (κ1) is 28.0. The average molecular weight is 522 g/mol. The maximum absolute atomic E-state index is 13.3. The lowest BCUT2D eigenvalue weighted by Gasteiger charge is -2.42. The molecule has 0 aliphatic carbocycles. The number of para-hydroxylation sites is 1. The predicted molar refractivity (Wildman–Crippen MR) is 150 cm³/mol. The van der Waals surface area contributed by atoms with Gasteiger partial charge in [-0.25, -0.2) is 0 Å². The van der Waals surface area contributed by atoms with Crippen LogP contribution in [0.5, 0.6) is 11.5 Å². The number of fused-ring (bicyclic) bond motifs is 1. The summed E-state index contributed by atoms with van der Waals surface area (Å²) < 4.78 is 11.8. The Hall–Kier alpha value is -3.06. The van der Waals surface area contributed by atoms with Gasteiger partial charge in [-0.15, -0.1) is 0 Å². The number of rotatable bonds is 5. The molecule has 2 heterocycles. The highest BCUT2D eigenvalue weighted by atomic mass is 16.5. The Labute approximate surface area is 227 Å². The standard InChI is InChI=1S/C31H43N3O4/c1-33(2)20-22-37-27-12-7-11-26(23-27)30(36)34-18-16-31(17-19-34)15-6-5-10-25-9-3-4-13-28(25)38-21-8-14-29(35)32-24-31/h3-4,7,9,11-13,23H,5-6,8,10,14-22,24H2,1-2H3,(H,32,35). The monoisotopic (exact) mass is 521 g/mol. The third-order valence-electron chi connectivity index (χ3n) is 7.84. The summed E-state index contributed by atoms with van der Waals surface area (Å²) in [5.74, 6) is 1.81. The van der Waals surface area contributed by atoms with Crippen molar-refractivity contribution in [1.82, 2.24) is 15.1 Å². The quantitative estimate of drug-likeness (QED) is 0.625. The van der Waals surface area contributed by atoms with Crippen LogP contribution in [-0.4, -0.2) is 75.1 Å². The van der Waals surface area contributed by atoms with E-state index >= 15 is 0 Å². The molecule has 1 spiro atoms. The van der Waals surface area contributed by atoms with Gasteiger partial charge in [0.15, 0.2) is 0 Å². The van der Waals surface area contributed by atoms with E-state index in [9.17, 15) is 9.59 Å². The highest BCUT2D eigenvalue weighted by molar-refractivity contribution is 5.94. The van der Waals surface area contributed by atoms with Crippen molar-refractivity contribution in [2.45, 2.75) is 51.4 Å². The van der Waals surface area contributed by atoms with Crippen LogP contribution in [0.4, 0.5) is 0 Å². The number of ether oxygens (including phenoxy) is 2. The summed E-state index contributed by atoms with van der Waals surface area (Å²) in [5, 5.41) is 3.21. The number of benzene rings is 2. The Morgan fingerprint density at radius 3 is 2.66 bits per heavy atom. The minimum Gasteiger partial charge on any atom is -0.493 e.